The third-order valence-electron chi connectivity index (χ3n) is 4.29. The Labute approximate surface area is 107 Å². The Balaban J connectivity index is 1.75. The maximum atomic E-state index is 5.85. The van der Waals surface area contributed by atoms with Crippen molar-refractivity contribution in [2.75, 3.05) is 19.7 Å². The molecule has 3 heterocycles. The first-order chi connectivity index (χ1) is 8.69. The van der Waals surface area contributed by atoms with Gasteiger partial charge in [0.1, 0.15) is 5.60 Å². The standard InChI is InChI=1S/C13H21N3O2/c1-9(10-7-14-8-10)11-15-12(16-18-11)13(2)5-3-4-6-17-13/h9-10,14H,3-8H2,1-2H3. The molecule has 5 nitrogen and oxygen atoms in total. The van der Waals surface area contributed by atoms with Crippen LogP contribution in [0.15, 0.2) is 4.52 Å². The van der Waals surface area contributed by atoms with E-state index in [9.17, 15) is 0 Å². The number of hydrogen-bond acceptors (Lipinski definition) is 5. The minimum atomic E-state index is -0.350. The monoisotopic (exact) mass is 251 g/mol. The maximum Gasteiger partial charge on any atom is 0.229 e. The summed E-state index contributed by atoms with van der Waals surface area (Å²) in [5.41, 5.74) is -0.350. The minimum absolute atomic E-state index is 0.333. The summed E-state index contributed by atoms with van der Waals surface area (Å²) in [6, 6.07) is 0. The van der Waals surface area contributed by atoms with Crippen LogP contribution in [-0.2, 0) is 10.3 Å². The number of nitrogens with one attached hydrogen (secondary N) is 1. The first-order valence-corrected chi connectivity index (χ1v) is 6.88. The molecular formula is C13H21N3O2. The summed E-state index contributed by atoms with van der Waals surface area (Å²) in [6.07, 6.45) is 3.28. The van der Waals surface area contributed by atoms with Crippen LogP contribution in [0, 0.1) is 5.92 Å². The fourth-order valence-electron chi connectivity index (χ4n) is 2.61. The van der Waals surface area contributed by atoms with E-state index in [1.54, 1.807) is 0 Å². The molecule has 5 heteroatoms. The van der Waals surface area contributed by atoms with E-state index in [-0.39, 0.29) is 5.60 Å². The van der Waals surface area contributed by atoms with Gasteiger partial charge in [0.15, 0.2) is 0 Å². The Morgan fingerprint density at radius 3 is 2.83 bits per heavy atom. The van der Waals surface area contributed by atoms with Gasteiger partial charge in [-0.2, -0.15) is 4.98 Å². The normalized spacial score (nSPS) is 31.0. The van der Waals surface area contributed by atoms with Gasteiger partial charge >= 0.3 is 0 Å². The zero-order valence-electron chi connectivity index (χ0n) is 11.1. The average molecular weight is 251 g/mol. The number of hydrogen-bond donors (Lipinski definition) is 1. The lowest BCUT2D eigenvalue weighted by Crippen LogP contribution is -2.44. The van der Waals surface area contributed by atoms with Crippen LogP contribution in [0.25, 0.3) is 0 Å². The van der Waals surface area contributed by atoms with Gasteiger partial charge in [-0.1, -0.05) is 12.1 Å². The molecule has 2 unspecified atom stereocenters. The van der Waals surface area contributed by atoms with Crippen molar-refractivity contribution in [1.82, 2.24) is 15.5 Å². The second kappa shape index (κ2) is 4.63. The molecule has 0 radical (unpaired) electrons. The van der Waals surface area contributed by atoms with Crippen molar-refractivity contribution >= 4 is 0 Å². The summed E-state index contributed by atoms with van der Waals surface area (Å²) in [5, 5.41) is 7.42. The highest BCUT2D eigenvalue weighted by atomic mass is 16.5. The topological polar surface area (TPSA) is 60.2 Å². The van der Waals surface area contributed by atoms with E-state index >= 15 is 0 Å². The van der Waals surface area contributed by atoms with E-state index < -0.39 is 0 Å². The largest absolute Gasteiger partial charge is 0.367 e. The zero-order valence-corrected chi connectivity index (χ0v) is 11.1. The van der Waals surface area contributed by atoms with Gasteiger partial charge in [0.05, 0.1) is 0 Å². The van der Waals surface area contributed by atoms with Gasteiger partial charge in [-0.05, 0) is 45.2 Å². The lowest BCUT2D eigenvalue weighted by atomic mass is 9.89. The van der Waals surface area contributed by atoms with Gasteiger partial charge in [0.25, 0.3) is 0 Å². The molecule has 0 saturated carbocycles. The quantitative estimate of drug-likeness (QED) is 0.887. The molecule has 1 aromatic rings. The molecule has 0 bridgehead atoms. The summed E-state index contributed by atoms with van der Waals surface area (Å²) in [7, 11) is 0. The molecular weight excluding hydrogens is 230 g/mol. The predicted octanol–water partition coefficient (Wildman–Crippen LogP) is 1.81. The molecule has 3 rings (SSSR count). The number of aromatic nitrogens is 2. The molecule has 2 aliphatic heterocycles. The Morgan fingerprint density at radius 2 is 2.22 bits per heavy atom. The average Bonchev–Trinajstić information content (AvgIpc) is 2.77. The van der Waals surface area contributed by atoms with Crippen LogP contribution in [0.3, 0.4) is 0 Å². The van der Waals surface area contributed by atoms with Crippen LogP contribution in [0.1, 0.15) is 50.7 Å². The molecule has 0 aromatic carbocycles. The van der Waals surface area contributed by atoms with E-state index in [4.69, 9.17) is 9.26 Å². The van der Waals surface area contributed by atoms with Crippen molar-refractivity contribution < 1.29 is 9.26 Å². The fraction of sp³-hybridized carbons (Fsp3) is 0.846. The Kier molecular flexibility index (Phi) is 3.11. The molecule has 2 saturated heterocycles. The first-order valence-electron chi connectivity index (χ1n) is 6.88. The molecule has 2 aliphatic rings. The molecule has 1 N–H and O–H groups in total. The van der Waals surface area contributed by atoms with Gasteiger partial charge in [0, 0.05) is 12.5 Å². The van der Waals surface area contributed by atoms with E-state index in [1.807, 2.05) is 0 Å². The van der Waals surface area contributed by atoms with E-state index in [1.165, 1.54) is 6.42 Å². The minimum Gasteiger partial charge on any atom is -0.367 e. The van der Waals surface area contributed by atoms with Crippen LogP contribution in [0.4, 0.5) is 0 Å². The Bertz CT molecular complexity index is 408. The summed E-state index contributed by atoms with van der Waals surface area (Å²) >= 11 is 0. The molecule has 1 aromatic heterocycles. The molecule has 100 valence electrons. The van der Waals surface area contributed by atoms with Crippen molar-refractivity contribution in [3.8, 4) is 0 Å². The highest BCUT2D eigenvalue weighted by molar-refractivity contribution is 5.04. The molecule has 18 heavy (non-hydrogen) atoms. The van der Waals surface area contributed by atoms with E-state index in [0.717, 1.165) is 44.3 Å². The Hall–Kier alpha value is -0.940. The highest BCUT2D eigenvalue weighted by Crippen LogP contribution is 2.34. The lowest BCUT2D eigenvalue weighted by molar-refractivity contribution is -0.0770. The maximum absolute atomic E-state index is 5.85. The van der Waals surface area contributed by atoms with E-state index in [2.05, 4.69) is 29.3 Å². The molecule has 2 fully saturated rings. The number of rotatable bonds is 3. The van der Waals surface area contributed by atoms with Gasteiger partial charge in [-0.25, -0.2) is 0 Å². The Morgan fingerprint density at radius 1 is 1.39 bits per heavy atom. The SMILES string of the molecule is CC(c1nc(C2(C)CCCCO2)no1)C1CNC1. The molecule has 2 atom stereocenters. The molecule has 0 aliphatic carbocycles. The van der Waals surface area contributed by atoms with Crippen LogP contribution in [0.2, 0.25) is 0 Å². The fourth-order valence-corrected chi connectivity index (χ4v) is 2.61. The zero-order chi connectivity index (χ0) is 12.6. The van der Waals surface area contributed by atoms with Gasteiger partial charge < -0.3 is 14.6 Å². The lowest BCUT2D eigenvalue weighted by Gasteiger charge is -2.31. The summed E-state index contributed by atoms with van der Waals surface area (Å²) in [6.45, 7) is 7.12. The van der Waals surface area contributed by atoms with Crippen molar-refractivity contribution in [3.05, 3.63) is 11.7 Å². The number of nitrogens with zero attached hydrogens (tertiary/aromatic N) is 2. The van der Waals surface area contributed by atoms with E-state index in [0.29, 0.717) is 11.8 Å². The van der Waals surface area contributed by atoms with Gasteiger partial charge in [-0.15, -0.1) is 0 Å². The van der Waals surface area contributed by atoms with Crippen LogP contribution in [0.5, 0.6) is 0 Å². The third-order valence-corrected chi connectivity index (χ3v) is 4.29. The molecule has 0 amide bonds. The second-order valence-corrected chi connectivity index (χ2v) is 5.70. The van der Waals surface area contributed by atoms with Gasteiger partial charge in [-0.3, -0.25) is 0 Å². The van der Waals surface area contributed by atoms with Crippen molar-refractivity contribution in [2.45, 2.75) is 44.6 Å². The summed E-state index contributed by atoms with van der Waals surface area (Å²) in [4.78, 5) is 4.58. The summed E-state index contributed by atoms with van der Waals surface area (Å²) in [5.74, 6) is 2.43. The smallest absolute Gasteiger partial charge is 0.229 e. The van der Waals surface area contributed by atoms with Crippen LogP contribution in [-0.4, -0.2) is 29.8 Å². The highest BCUT2D eigenvalue weighted by Gasteiger charge is 2.36. The third kappa shape index (κ3) is 2.06. The van der Waals surface area contributed by atoms with Crippen molar-refractivity contribution in [1.29, 1.82) is 0 Å². The first kappa shape index (κ1) is 12.1. The van der Waals surface area contributed by atoms with Crippen molar-refractivity contribution in [2.24, 2.45) is 5.92 Å². The molecule has 0 spiro atoms. The van der Waals surface area contributed by atoms with Crippen molar-refractivity contribution in [3.63, 3.8) is 0 Å². The summed E-state index contributed by atoms with van der Waals surface area (Å²) < 4.78 is 11.3. The number of ether oxygens (including phenoxy) is 1. The predicted molar refractivity (Wildman–Crippen MR) is 66.2 cm³/mol. The van der Waals surface area contributed by atoms with Crippen LogP contribution < -0.4 is 5.32 Å². The van der Waals surface area contributed by atoms with Gasteiger partial charge in [0.2, 0.25) is 11.7 Å². The second-order valence-electron chi connectivity index (χ2n) is 5.70. The van der Waals surface area contributed by atoms with Crippen LogP contribution >= 0.6 is 0 Å².